The number of benzene rings is 2. The van der Waals surface area contributed by atoms with Gasteiger partial charge in [-0.05, 0) is 67.3 Å². The first-order valence-corrected chi connectivity index (χ1v) is 7.12. The van der Waals surface area contributed by atoms with Crippen molar-refractivity contribution in [2.24, 2.45) is 0 Å². The van der Waals surface area contributed by atoms with E-state index in [1.807, 2.05) is 38.1 Å². The van der Waals surface area contributed by atoms with Crippen LogP contribution in [0.3, 0.4) is 0 Å². The number of carbonyl (C=O) groups is 2. The van der Waals surface area contributed by atoms with Crippen LogP contribution in [-0.4, -0.2) is 12.4 Å². The van der Waals surface area contributed by atoms with Crippen LogP contribution < -0.4 is 9.47 Å². The highest BCUT2D eigenvalue weighted by atomic mass is 16.5. The molecule has 118 valence electrons. The molecule has 2 aromatic carbocycles. The quantitative estimate of drug-likeness (QED) is 0.363. The third-order valence-corrected chi connectivity index (χ3v) is 3.38. The highest BCUT2D eigenvalue weighted by molar-refractivity contribution is 5.89. The summed E-state index contributed by atoms with van der Waals surface area (Å²) in [5, 5.41) is 0. The molecule has 4 heteroatoms. The zero-order valence-electron chi connectivity index (χ0n) is 13.4. The van der Waals surface area contributed by atoms with Crippen LogP contribution in [0.25, 0.3) is 11.1 Å². The highest BCUT2D eigenvalue weighted by Crippen LogP contribution is 2.31. The Labute approximate surface area is 135 Å². The molecule has 23 heavy (non-hydrogen) atoms. The molecule has 0 aromatic heterocycles. The molecule has 0 saturated carbocycles. The minimum atomic E-state index is -0.431. The molecule has 0 N–H and O–H groups in total. The Morgan fingerprint density at radius 3 is 2.09 bits per heavy atom. The van der Waals surface area contributed by atoms with Crippen molar-refractivity contribution in [3.63, 3.8) is 0 Å². The Kier molecular flexibility index (Phi) is 4.96. The van der Waals surface area contributed by atoms with E-state index in [0.717, 1.165) is 22.3 Å². The van der Waals surface area contributed by atoms with Crippen LogP contribution in [0.4, 0.5) is 0 Å². The van der Waals surface area contributed by atoms with E-state index >= 15 is 0 Å². The predicted octanol–water partition coefficient (Wildman–Crippen LogP) is 3.99. The molecule has 4 nitrogen and oxygen atoms in total. The summed E-state index contributed by atoms with van der Waals surface area (Å²) in [6, 6.07) is 11.1. The van der Waals surface area contributed by atoms with Crippen LogP contribution >= 0.6 is 0 Å². The van der Waals surface area contributed by atoms with E-state index in [4.69, 9.17) is 9.47 Å². The third kappa shape index (κ3) is 3.86. The second-order valence-electron chi connectivity index (χ2n) is 5.35. The van der Waals surface area contributed by atoms with Crippen LogP contribution in [0, 0.1) is 13.8 Å². The third-order valence-electron chi connectivity index (χ3n) is 3.38. The van der Waals surface area contributed by atoms with Crippen molar-refractivity contribution >= 4 is 12.4 Å². The van der Waals surface area contributed by atoms with Gasteiger partial charge in [0, 0.05) is 5.57 Å². The molecule has 2 aromatic rings. The molecule has 0 unspecified atom stereocenters. The van der Waals surface area contributed by atoms with Crippen LogP contribution in [0.1, 0.15) is 18.1 Å². The van der Waals surface area contributed by atoms with Crippen LogP contribution in [0.15, 0.2) is 48.6 Å². The van der Waals surface area contributed by atoms with Crippen molar-refractivity contribution in [1.82, 2.24) is 0 Å². The SMILES string of the molecule is C=C(C)C(=O)Oc1c(C)cc(-c2ccc(OC=O)cc2)cc1C. The fraction of sp³-hybridized carbons (Fsp3) is 0.158. The second kappa shape index (κ2) is 6.92. The first kappa shape index (κ1) is 16.5. The van der Waals surface area contributed by atoms with E-state index in [1.54, 1.807) is 19.1 Å². The van der Waals surface area contributed by atoms with Gasteiger partial charge in [0.15, 0.2) is 0 Å². The lowest BCUT2D eigenvalue weighted by Gasteiger charge is -2.13. The van der Waals surface area contributed by atoms with Gasteiger partial charge >= 0.3 is 5.97 Å². The van der Waals surface area contributed by atoms with E-state index in [-0.39, 0.29) is 0 Å². The number of esters is 1. The molecule has 2 rings (SSSR count). The maximum atomic E-state index is 11.7. The summed E-state index contributed by atoms with van der Waals surface area (Å²) < 4.78 is 10.2. The number of carbonyl (C=O) groups excluding carboxylic acids is 2. The normalized spacial score (nSPS) is 10.0. The van der Waals surface area contributed by atoms with Crippen molar-refractivity contribution in [2.45, 2.75) is 20.8 Å². The van der Waals surface area contributed by atoms with E-state index in [1.165, 1.54) is 0 Å². The number of hydrogen-bond acceptors (Lipinski definition) is 4. The van der Waals surface area contributed by atoms with Crippen LogP contribution in [0.2, 0.25) is 0 Å². The predicted molar refractivity (Wildman–Crippen MR) is 88.5 cm³/mol. The summed E-state index contributed by atoms with van der Waals surface area (Å²) in [7, 11) is 0. The first-order chi connectivity index (χ1) is 10.9. The molecule has 0 aliphatic rings. The van der Waals surface area contributed by atoms with Gasteiger partial charge < -0.3 is 9.47 Å². The first-order valence-electron chi connectivity index (χ1n) is 7.12. The summed E-state index contributed by atoms with van der Waals surface area (Å²) in [6.07, 6.45) is 0. The topological polar surface area (TPSA) is 52.6 Å². The van der Waals surface area contributed by atoms with Crippen molar-refractivity contribution < 1.29 is 19.1 Å². The van der Waals surface area contributed by atoms with Gasteiger partial charge in [-0.25, -0.2) is 4.79 Å². The van der Waals surface area contributed by atoms with Gasteiger partial charge in [0.2, 0.25) is 0 Å². The lowest BCUT2D eigenvalue weighted by molar-refractivity contribution is -0.130. The molecular formula is C19H18O4. The van der Waals surface area contributed by atoms with E-state index < -0.39 is 5.97 Å². The van der Waals surface area contributed by atoms with E-state index in [2.05, 4.69) is 6.58 Å². The van der Waals surface area contributed by atoms with Crippen LogP contribution in [-0.2, 0) is 9.59 Å². The molecule has 0 spiro atoms. The van der Waals surface area contributed by atoms with Gasteiger partial charge in [0.1, 0.15) is 11.5 Å². The van der Waals surface area contributed by atoms with Crippen molar-refractivity contribution in [3.8, 4) is 22.6 Å². The summed E-state index contributed by atoms with van der Waals surface area (Å²) in [5.41, 5.74) is 4.06. The monoisotopic (exact) mass is 310 g/mol. The Morgan fingerprint density at radius 2 is 1.61 bits per heavy atom. The minimum absolute atomic E-state index is 0.360. The van der Waals surface area contributed by atoms with Gasteiger partial charge in [-0.3, -0.25) is 4.79 Å². The zero-order chi connectivity index (χ0) is 17.0. The van der Waals surface area contributed by atoms with Gasteiger partial charge in [0.25, 0.3) is 6.47 Å². The molecule has 0 atom stereocenters. The maximum Gasteiger partial charge on any atom is 0.338 e. The molecular weight excluding hydrogens is 292 g/mol. The highest BCUT2D eigenvalue weighted by Gasteiger charge is 2.12. The van der Waals surface area contributed by atoms with Crippen molar-refractivity contribution in [2.75, 3.05) is 0 Å². The Hall–Kier alpha value is -2.88. The Morgan fingerprint density at radius 1 is 1.04 bits per heavy atom. The van der Waals surface area contributed by atoms with Gasteiger partial charge in [-0.1, -0.05) is 18.7 Å². The average molecular weight is 310 g/mol. The molecule has 0 bridgehead atoms. The average Bonchev–Trinajstić information content (AvgIpc) is 2.51. The lowest BCUT2D eigenvalue weighted by atomic mass is 9.99. The Bertz CT molecular complexity index is 734. The van der Waals surface area contributed by atoms with Crippen molar-refractivity contribution in [1.29, 1.82) is 0 Å². The molecule has 0 radical (unpaired) electrons. The largest absolute Gasteiger partial charge is 0.429 e. The molecule has 0 aliphatic heterocycles. The number of hydrogen-bond donors (Lipinski definition) is 0. The fourth-order valence-electron chi connectivity index (χ4n) is 2.24. The van der Waals surface area contributed by atoms with Gasteiger partial charge in [-0.15, -0.1) is 0 Å². The zero-order valence-corrected chi connectivity index (χ0v) is 13.4. The van der Waals surface area contributed by atoms with Gasteiger partial charge in [0.05, 0.1) is 0 Å². The molecule has 0 saturated heterocycles. The molecule has 0 amide bonds. The molecule has 0 heterocycles. The molecule has 0 fully saturated rings. The van der Waals surface area contributed by atoms with Crippen LogP contribution in [0.5, 0.6) is 11.5 Å². The fourth-order valence-corrected chi connectivity index (χ4v) is 2.24. The minimum Gasteiger partial charge on any atom is -0.429 e. The van der Waals surface area contributed by atoms with Gasteiger partial charge in [-0.2, -0.15) is 0 Å². The summed E-state index contributed by atoms with van der Waals surface area (Å²) in [4.78, 5) is 22.0. The smallest absolute Gasteiger partial charge is 0.338 e. The standard InChI is InChI=1S/C19H18O4/c1-12(2)19(21)23-18-13(3)9-16(10-14(18)4)15-5-7-17(8-6-15)22-11-20/h5-11H,1H2,2-4H3. The number of ether oxygens (including phenoxy) is 2. The number of rotatable bonds is 5. The maximum absolute atomic E-state index is 11.7. The molecule has 0 aliphatic carbocycles. The summed E-state index contributed by atoms with van der Waals surface area (Å²) >= 11 is 0. The second-order valence-corrected chi connectivity index (χ2v) is 5.35. The van der Waals surface area contributed by atoms with E-state index in [9.17, 15) is 9.59 Å². The summed E-state index contributed by atoms with van der Waals surface area (Å²) in [6.45, 7) is 9.38. The lowest BCUT2D eigenvalue weighted by Crippen LogP contribution is -2.10. The summed E-state index contributed by atoms with van der Waals surface area (Å²) in [5.74, 6) is 0.617. The van der Waals surface area contributed by atoms with E-state index in [0.29, 0.717) is 23.5 Å². The number of aryl methyl sites for hydroxylation is 2. The Balaban J connectivity index is 2.33. The van der Waals surface area contributed by atoms with Crippen molar-refractivity contribution in [3.05, 3.63) is 59.7 Å².